The molecule has 1 rings (SSSR count). The van der Waals surface area contributed by atoms with E-state index in [1.807, 2.05) is 0 Å². The normalized spacial score (nSPS) is 29.0. The first-order valence-corrected chi connectivity index (χ1v) is 4.49. The summed E-state index contributed by atoms with van der Waals surface area (Å²) in [5, 5.41) is 8.68. The van der Waals surface area contributed by atoms with E-state index in [0.717, 1.165) is 19.3 Å². The summed E-state index contributed by atoms with van der Waals surface area (Å²) in [6.45, 7) is 2.82. The van der Waals surface area contributed by atoms with Crippen molar-refractivity contribution in [2.45, 2.75) is 32.6 Å². The van der Waals surface area contributed by atoms with Gasteiger partial charge in [0.2, 0.25) is 0 Å². The summed E-state index contributed by atoms with van der Waals surface area (Å²) in [6.07, 6.45) is 3.15. The van der Waals surface area contributed by atoms with E-state index < -0.39 is 0 Å². The molecule has 0 amide bonds. The Morgan fingerprint density at radius 1 is 1.67 bits per heavy atom. The van der Waals surface area contributed by atoms with Crippen LogP contribution in [0.5, 0.6) is 0 Å². The number of carbonyl (C=O) groups is 1. The number of hydrogen-bond acceptors (Lipinski definition) is 3. The van der Waals surface area contributed by atoms with Gasteiger partial charge in [0.15, 0.2) is 0 Å². The molecule has 3 nitrogen and oxygen atoms in total. The largest absolute Gasteiger partial charge is 0.465 e. The number of aliphatic hydroxyl groups excluding tert-OH is 1. The maximum Gasteiger partial charge on any atom is 0.306 e. The molecule has 0 aromatic rings. The van der Waals surface area contributed by atoms with E-state index in [1.54, 1.807) is 0 Å². The van der Waals surface area contributed by atoms with Gasteiger partial charge in [0.05, 0.1) is 13.0 Å². The van der Waals surface area contributed by atoms with Crippen molar-refractivity contribution in [3.05, 3.63) is 0 Å². The standard InChI is InChI=1S/C9H16O3/c1-2-9(4-3-5-10)6-8(11)12-7-9/h10H,2-7H2,1H3. The molecule has 1 N–H and O–H groups in total. The summed E-state index contributed by atoms with van der Waals surface area (Å²) in [5.74, 6) is -0.0882. The van der Waals surface area contributed by atoms with E-state index in [9.17, 15) is 4.79 Å². The fraction of sp³-hybridized carbons (Fsp3) is 0.889. The summed E-state index contributed by atoms with van der Waals surface area (Å²) in [4.78, 5) is 10.9. The Bertz CT molecular complexity index is 167. The van der Waals surface area contributed by atoms with Gasteiger partial charge in [-0.05, 0) is 19.3 Å². The van der Waals surface area contributed by atoms with E-state index in [4.69, 9.17) is 9.84 Å². The van der Waals surface area contributed by atoms with E-state index in [2.05, 4.69) is 6.92 Å². The van der Waals surface area contributed by atoms with Crippen LogP contribution in [0.4, 0.5) is 0 Å². The Morgan fingerprint density at radius 2 is 2.42 bits per heavy atom. The van der Waals surface area contributed by atoms with Gasteiger partial charge < -0.3 is 9.84 Å². The zero-order valence-electron chi connectivity index (χ0n) is 7.51. The fourth-order valence-electron chi connectivity index (χ4n) is 1.66. The highest BCUT2D eigenvalue weighted by atomic mass is 16.5. The molecule has 3 heteroatoms. The van der Waals surface area contributed by atoms with Gasteiger partial charge in [0, 0.05) is 12.0 Å². The van der Waals surface area contributed by atoms with Crippen LogP contribution in [0.25, 0.3) is 0 Å². The molecule has 1 heterocycles. The minimum atomic E-state index is -0.0882. The highest BCUT2D eigenvalue weighted by Crippen LogP contribution is 2.37. The zero-order chi connectivity index (χ0) is 9.03. The van der Waals surface area contributed by atoms with Crippen LogP contribution >= 0.6 is 0 Å². The van der Waals surface area contributed by atoms with E-state index in [-0.39, 0.29) is 18.0 Å². The molecule has 70 valence electrons. The first-order chi connectivity index (χ1) is 5.72. The van der Waals surface area contributed by atoms with Crippen molar-refractivity contribution in [1.82, 2.24) is 0 Å². The van der Waals surface area contributed by atoms with Crippen LogP contribution in [-0.2, 0) is 9.53 Å². The van der Waals surface area contributed by atoms with Gasteiger partial charge >= 0.3 is 5.97 Å². The van der Waals surface area contributed by atoms with Crippen molar-refractivity contribution in [3.63, 3.8) is 0 Å². The van der Waals surface area contributed by atoms with E-state index in [1.165, 1.54) is 0 Å². The van der Waals surface area contributed by atoms with Crippen molar-refractivity contribution in [1.29, 1.82) is 0 Å². The van der Waals surface area contributed by atoms with Gasteiger partial charge in [-0.25, -0.2) is 0 Å². The van der Waals surface area contributed by atoms with E-state index in [0.29, 0.717) is 13.0 Å². The van der Waals surface area contributed by atoms with Gasteiger partial charge in [0.1, 0.15) is 0 Å². The molecule has 0 spiro atoms. The molecule has 0 aromatic heterocycles. The smallest absolute Gasteiger partial charge is 0.306 e. The molecule has 0 radical (unpaired) electrons. The van der Waals surface area contributed by atoms with Crippen LogP contribution in [0, 0.1) is 5.41 Å². The second-order valence-corrected chi connectivity index (χ2v) is 3.52. The molecular weight excluding hydrogens is 156 g/mol. The van der Waals surface area contributed by atoms with Gasteiger partial charge in [-0.3, -0.25) is 4.79 Å². The third-order valence-corrected chi connectivity index (χ3v) is 2.67. The average Bonchev–Trinajstić information content (AvgIpc) is 2.45. The average molecular weight is 172 g/mol. The second-order valence-electron chi connectivity index (χ2n) is 3.52. The molecule has 0 aliphatic carbocycles. The molecule has 1 saturated heterocycles. The van der Waals surface area contributed by atoms with Gasteiger partial charge in [0.25, 0.3) is 0 Å². The first-order valence-electron chi connectivity index (χ1n) is 4.49. The summed E-state index contributed by atoms with van der Waals surface area (Å²) in [5.41, 5.74) is 0.0276. The lowest BCUT2D eigenvalue weighted by Gasteiger charge is -2.22. The highest BCUT2D eigenvalue weighted by Gasteiger charge is 2.37. The molecule has 1 aliphatic rings. The molecule has 0 aromatic carbocycles. The van der Waals surface area contributed by atoms with Crippen molar-refractivity contribution in [3.8, 4) is 0 Å². The number of rotatable bonds is 4. The van der Waals surface area contributed by atoms with Crippen molar-refractivity contribution >= 4 is 5.97 Å². The molecule has 1 aliphatic heterocycles. The topological polar surface area (TPSA) is 46.5 Å². The van der Waals surface area contributed by atoms with Crippen molar-refractivity contribution in [2.24, 2.45) is 5.41 Å². The molecule has 1 fully saturated rings. The van der Waals surface area contributed by atoms with Crippen LogP contribution in [0.15, 0.2) is 0 Å². The highest BCUT2D eigenvalue weighted by molar-refractivity contribution is 5.72. The van der Waals surface area contributed by atoms with Gasteiger partial charge in [-0.2, -0.15) is 0 Å². The number of hydrogen-bond donors (Lipinski definition) is 1. The van der Waals surface area contributed by atoms with Crippen LogP contribution in [0.2, 0.25) is 0 Å². The lowest BCUT2D eigenvalue weighted by Crippen LogP contribution is -2.20. The van der Waals surface area contributed by atoms with Crippen LogP contribution in [-0.4, -0.2) is 24.3 Å². The Kier molecular flexibility index (Phi) is 3.09. The molecule has 12 heavy (non-hydrogen) atoms. The summed E-state index contributed by atoms with van der Waals surface area (Å²) >= 11 is 0. The third-order valence-electron chi connectivity index (χ3n) is 2.67. The van der Waals surface area contributed by atoms with Crippen LogP contribution < -0.4 is 0 Å². The van der Waals surface area contributed by atoms with Crippen LogP contribution in [0.3, 0.4) is 0 Å². The SMILES string of the molecule is CCC1(CCCO)COC(=O)C1. The molecular formula is C9H16O3. The van der Waals surface area contributed by atoms with Crippen molar-refractivity contribution in [2.75, 3.05) is 13.2 Å². The second kappa shape index (κ2) is 3.90. The third kappa shape index (κ3) is 1.97. The quantitative estimate of drug-likeness (QED) is 0.646. The maximum absolute atomic E-state index is 10.9. The monoisotopic (exact) mass is 172 g/mol. The number of esters is 1. The summed E-state index contributed by atoms with van der Waals surface area (Å²) in [7, 11) is 0. The number of aliphatic hydroxyl groups is 1. The fourth-order valence-corrected chi connectivity index (χ4v) is 1.66. The predicted molar refractivity (Wildman–Crippen MR) is 44.6 cm³/mol. The summed E-state index contributed by atoms with van der Waals surface area (Å²) < 4.78 is 4.94. The van der Waals surface area contributed by atoms with E-state index >= 15 is 0 Å². The molecule has 1 atom stereocenters. The number of carbonyl (C=O) groups excluding carboxylic acids is 1. The maximum atomic E-state index is 10.9. The minimum Gasteiger partial charge on any atom is -0.465 e. The van der Waals surface area contributed by atoms with Gasteiger partial charge in [-0.15, -0.1) is 0 Å². The van der Waals surface area contributed by atoms with Crippen molar-refractivity contribution < 1.29 is 14.6 Å². The molecule has 0 bridgehead atoms. The van der Waals surface area contributed by atoms with Gasteiger partial charge in [-0.1, -0.05) is 6.92 Å². The Balaban J connectivity index is 2.46. The number of ether oxygens (including phenoxy) is 1. The molecule has 1 unspecified atom stereocenters. The lowest BCUT2D eigenvalue weighted by atomic mass is 9.80. The Labute approximate surface area is 72.7 Å². The summed E-state index contributed by atoms with van der Waals surface area (Å²) in [6, 6.07) is 0. The molecule has 0 saturated carbocycles. The Morgan fingerprint density at radius 3 is 2.83 bits per heavy atom. The predicted octanol–water partition coefficient (Wildman–Crippen LogP) is 1.10. The lowest BCUT2D eigenvalue weighted by molar-refractivity contribution is -0.137. The zero-order valence-corrected chi connectivity index (χ0v) is 7.51. The number of cyclic esters (lactones) is 1. The van der Waals surface area contributed by atoms with Crippen LogP contribution in [0.1, 0.15) is 32.6 Å². The first kappa shape index (κ1) is 9.52. The Hall–Kier alpha value is -0.570. The minimum absolute atomic E-state index is 0.0276.